The Balaban J connectivity index is 1.84. The molecule has 6 nitrogen and oxygen atoms in total. The van der Waals surface area contributed by atoms with Gasteiger partial charge in [-0.15, -0.1) is 0 Å². The Labute approximate surface area is 135 Å². The molecule has 0 saturated carbocycles. The molecule has 2 atom stereocenters. The number of fused-ring (bicyclic) bond motifs is 2. The van der Waals surface area contributed by atoms with Crippen molar-refractivity contribution in [3.8, 4) is 5.88 Å². The van der Waals surface area contributed by atoms with Gasteiger partial charge in [0.1, 0.15) is 0 Å². The first-order valence-corrected chi connectivity index (χ1v) is 9.23. The van der Waals surface area contributed by atoms with E-state index < -0.39 is 10.0 Å². The van der Waals surface area contributed by atoms with E-state index in [2.05, 4.69) is 10.3 Å². The first-order valence-electron chi connectivity index (χ1n) is 7.79. The van der Waals surface area contributed by atoms with Crippen molar-refractivity contribution in [3.63, 3.8) is 0 Å². The molecule has 122 valence electrons. The number of benzene rings is 1. The third kappa shape index (κ3) is 2.22. The van der Waals surface area contributed by atoms with E-state index in [9.17, 15) is 13.5 Å². The third-order valence-corrected chi connectivity index (χ3v) is 6.86. The van der Waals surface area contributed by atoms with Gasteiger partial charge in [-0.2, -0.15) is 4.31 Å². The van der Waals surface area contributed by atoms with Crippen LogP contribution in [0.25, 0.3) is 10.8 Å². The number of aryl methyl sites for hydroxylation is 1. The number of hydrogen-bond donors (Lipinski definition) is 2. The summed E-state index contributed by atoms with van der Waals surface area (Å²) in [5, 5.41) is 14.4. The van der Waals surface area contributed by atoms with Gasteiger partial charge in [0, 0.05) is 36.1 Å². The van der Waals surface area contributed by atoms with Crippen molar-refractivity contribution in [3.05, 3.63) is 30.0 Å². The molecule has 2 N–H and O–H groups in total. The lowest BCUT2D eigenvalue weighted by Crippen LogP contribution is -2.34. The summed E-state index contributed by atoms with van der Waals surface area (Å²) in [6, 6.07) is 5.23. The molecule has 23 heavy (non-hydrogen) atoms. The molecule has 0 radical (unpaired) electrons. The average Bonchev–Trinajstić information content (AvgIpc) is 3.12. The maximum atomic E-state index is 13.1. The van der Waals surface area contributed by atoms with Crippen LogP contribution in [0, 0.1) is 12.8 Å². The molecule has 0 amide bonds. The lowest BCUT2D eigenvalue weighted by Gasteiger charge is -2.19. The summed E-state index contributed by atoms with van der Waals surface area (Å²) in [5.74, 6) is 0.263. The van der Waals surface area contributed by atoms with Gasteiger partial charge in [-0.3, -0.25) is 0 Å². The predicted octanol–water partition coefficient (Wildman–Crippen LogP) is 1.23. The molecule has 0 spiro atoms. The molecule has 0 bridgehead atoms. The second kappa shape index (κ2) is 5.15. The Morgan fingerprint density at radius 3 is 2.96 bits per heavy atom. The number of rotatable bonds is 2. The van der Waals surface area contributed by atoms with Crippen LogP contribution in [-0.2, 0) is 10.0 Å². The Bertz CT molecular complexity index is 870. The number of sulfonamides is 1. The van der Waals surface area contributed by atoms with Gasteiger partial charge < -0.3 is 10.4 Å². The van der Waals surface area contributed by atoms with Crippen molar-refractivity contribution in [2.45, 2.75) is 24.3 Å². The summed E-state index contributed by atoms with van der Waals surface area (Å²) in [6.07, 6.45) is 2.53. The second-order valence-electron chi connectivity index (χ2n) is 6.37. The van der Waals surface area contributed by atoms with Crippen LogP contribution in [0.1, 0.15) is 12.0 Å². The highest BCUT2D eigenvalue weighted by Crippen LogP contribution is 2.35. The number of aromatic hydroxyl groups is 1. The van der Waals surface area contributed by atoms with E-state index in [0.717, 1.165) is 18.5 Å². The lowest BCUT2D eigenvalue weighted by molar-refractivity contribution is 0.448. The van der Waals surface area contributed by atoms with Crippen molar-refractivity contribution in [2.75, 3.05) is 19.6 Å². The summed E-state index contributed by atoms with van der Waals surface area (Å²) in [7, 11) is -3.59. The van der Waals surface area contributed by atoms with Gasteiger partial charge in [-0.05, 0) is 43.5 Å². The largest absolute Gasteiger partial charge is 0.493 e. The number of pyridine rings is 1. The normalized spacial score (nSPS) is 25.1. The van der Waals surface area contributed by atoms with Crippen LogP contribution >= 0.6 is 0 Å². The summed E-state index contributed by atoms with van der Waals surface area (Å²) >= 11 is 0. The van der Waals surface area contributed by atoms with Crippen molar-refractivity contribution in [1.82, 2.24) is 14.6 Å². The van der Waals surface area contributed by atoms with Crippen LogP contribution in [0.5, 0.6) is 5.88 Å². The van der Waals surface area contributed by atoms with E-state index in [4.69, 9.17) is 0 Å². The number of aromatic nitrogens is 1. The predicted molar refractivity (Wildman–Crippen MR) is 86.8 cm³/mol. The monoisotopic (exact) mass is 333 g/mol. The second-order valence-corrected chi connectivity index (χ2v) is 8.28. The van der Waals surface area contributed by atoms with E-state index in [-0.39, 0.29) is 16.8 Å². The molecule has 3 heterocycles. The maximum absolute atomic E-state index is 13.1. The van der Waals surface area contributed by atoms with E-state index in [1.807, 2.05) is 6.92 Å². The zero-order valence-electron chi connectivity index (χ0n) is 12.9. The van der Waals surface area contributed by atoms with Gasteiger partial charge >= 0.3 is 0 Å². The molecule has 0 aliphatic carbocycles. The summed E-state index contributed by atoms with van der Waals surface area (Å²) in [6.45, 7) is 3.86. The quantitative estimate of drug-likeness (QED) is 0.864. The number of hydrogen-bond acceptors (Lipinski definition) is 5. The first-order chi connectivity index (χ1) is 11.0. The van der Waals surface area contributed by atoms with Gasteiger partial charge in [0.2, 0.25) is 15.9 Å². The molecule has 2 unspecified atom stereocenters. The van der Waals surface area contributed by atoms with Crippen LogP contribution in [0.3, 0.4) is 0 Å². The van der Waals surface area contributed by atoms with Gasteiger partial charge in [-0.25, -0.2) is 13.4 Å². The van der Waals surface area contributed by atoms with E-state index in [1.54, 1.807) is 22.5 Å². The van der Waals surface area contributed by atoms with Gasteiger partial charge in [0.25, 0.3) is 0 Å². The van der Waals surface area contributed by atoms with E-state index in [0.29, 0.717) is 29.8 Å². The Morgan fingerprint density at radius 1 is 1.35 bits per heavy atom. The van der Waals surface area contributed by atoms with Crippen LogP contribution in [-0.4, -0.2) is 48.5 Å². The van der Waals surface area contributed by atoms with Crippen LogP contribution in [0.4, 0.5) is 0 Å². The molecule has 2 saturated heterocycles. The Hall–Kier alpha value is -1.70. The van der Waals surface area contributed by atoms with E-state index >= 15 is 0 Å². The number of nitrogens with zero attached hydrogens (tertiary/aromatic N) is 2. The molecular weight excluding hydrogens is 314 g/mol. The zero-order chi connectivity index (χ0) is 16.2. The van der Waals surface area contributed by atoms with Gasteiger partial charge in [0.15, 0.2) is 0 Å². The molecule has 2 aromatic rings. The molecule has 1 aromatic carbocycles. The SMILES string of the molecule is Cc1cnc(O)c2cccc(S(=O)(=O)N3CC4CCNC4C3)c12. The fourth-order valence-corrected chi connectivity index (χ4v) is 5.58. The third-order valence-electron chi connectivity index (χ3n) is 4.99. The fraction of sp³-hybridized carbons (Fsp3) is 0.438. The first kappa shape index (κ1) is 14.9. The van der Waals surface area contributed by atoms with Gasteiger partial charge in [0.05, 0.1) is 4.90 Å². The number of nitrogens with one attached hydrogen (secondary N) is 1. The highest BCUT2D eigenvalue weighted by molar-refractivity contribution is 7.89. The van der Waals surface area contributed by atoms with Crippen molar-refractivity contribution in [1.29, 1.82) is 0 Å². The minimum Gasteiger partial charge on any atom is -0.493 e. The van der Waals surface area contributed by atoms with Crippen LogP contribution in [0.15, 0.2) is 29.3 Å². The fourth-order valence-electron chi connectivity index (χ4n) is 3.78. The van der Waals surface area contributed by atoms with E-state index in [1.165, 1.54) is 6.20 Å². The standard InChI is InChI=1S/C16H19N3O3S/c1-10-7-18-16(20)12-3-2-4-14(15(10)12)23(21,22)19-8-11-5-6-17-13(11)9-19/h2-4,7,11,13,17H,5-6,8-9H2,1H3,(H,18,20). The molecule has 2 aliphatic rings. The van der Waals surface area contributed by atoms with Gasteiger partial charge in [-0.1, -0.05) is 6.07 Å². The molecule has 1 aromatic heterocycles. The lowest BCUT2D eigenvalue weighted by atomic mass is 10.1. The summed E-state index contributed by atoms with van der Waals surface area (Å²) in [5.41, 5.74) is 0.745. The summed E-state index contributed by atoms with van der Waals surface area (Å²) < 4.78 is 27.8. The van der Waals surface area contributed by atoms with Crippen molar-refractivity contribution >= 4 is 20.8 Å². The average molecular weight is 333 g/mol. The van der Waals surface area contributed by atoms with Crippen molar-refractivity contribution in [2.24, 2.45) is 5.92 Å². The Kier molecular flexibility index (Phi) is 3.33. The minimum absolute atomic E-state index is 0.136. The molecule has 4 rings (SSSR count). The zero-order valence-corrected chi connectivity index (χ0v) is 13.7. The van der Waals surface area contributed by atoms with Crippen LogP contribution < -0.4 is 5.32 Å². The highest BCUT2D eigenvalue weighted by atomic mass is 32.2. The molecule has 7 heteroatoms. The molecule has 2 aliphatic heterocycles. The Morgan fingerprint density at radius 2 is 2.17 bits per heavy atom. The molecular formula is C16H19N3O3S. The topological polar surface area (TPSA) is 82.5 Å². The maximum Gasteiger partial charge on any atom is 0.243 e. The highest BCUT2D eigenvalue weighted by Gasteiger charge is 2.41. The minimum atomic E-state index is -3.59. The van der Waals surface area contributed by atoms with Crippen molar-refractivity contribution < 1.29 is 13.5 Å². The smallest absolute Gasteiger partial charge is 0.243 e. The van der Waals surface area contributed by atoms with Crippen LogP contribution in [0.2, 0.25) is 0 Å². The molecule has 2 fully saturated rings. The summed E-state index contributed by atoms with van der Waals surface area (Å²) in [4.78, 5) is 4.17.